The van der Waals surface area contributed by atoms with Gasteiger partial charge >= 0.3 is 0 Å². The SMILES string of the molecule is CCCCOCC1OCC(=O)N1c1ccc(C(O)C2(CCC)CCC2)cc1. The standard InChI is InChI=1S/C22H33NO4/c1-3-5-14-26-16-20-23(19(24)15-27-20)18-9-7-17(8-10-18)21(25)22(11-4-2)12-6-13-22/h7-10,20-21,25H,3-6,11-16H2,1-2H3. The zero-order valence-corrected chi connectivity index (χ0v) is 16.7. The summed E-state index contributed by atoms with van der Waals surface area (Å²) in [7, 11) is 0. The lowest BCUT2D eigenvalue weighted by atomic mass is 9.61. The van der Waals surface area contributed by atoms with Gasteiger partial charge in [0.25, 0.3) is 5.91 Å². The molecule has 0 bridgehead atoms. The van der Waals surface area contributed by atoms with Crippen LogP contribution in [-0.4, -0.2) is 37.1 Å². The number of anilines is 1. The van der Waals surface area contributed by atoms with Gasteiger partial charge in [-0.05, 0) is 43.4 Å². The molecule has 2 atom stereocenters. The van der Waals surface area contributed by atoms with Crippen LogP contribution >= 0.6 is 0 Å². The average Bonchev–Trinajstić information content (AvgIpc) is 3.02. The second-order valence-electron chi connectivity index (χ2n) is 7.92. The molecule has 0 aromatic heterocycles. The van der Waals surface area contributed by atoms with Crippen LogP contribution in [0.25, 0.3) is 0 Å². The predicted octanol–water partition coefficient (Wildman–Crippen LogP) is 4.20. The van der Waals surface area contributed by atoms with Crippen molar-refractivity contribution in [1.29, 1.82) is 0 Å². The van der Waals surface area contributed by atoms with Gasteiger partial charge in [0, 0.05) is 17.7 Å². The van der Waals surface area contributed by atoms with Crippen molar-refractivity contribution in [3.8, 4) is 0 Å². The van der Waals surface area contributed by atoms with Crippen LogP contribution in [0.4, 0.5) is 5.69 Å². The number of carbonyl (C=O) groups is 1. The summed E-state index contributed by atoms with van der Waals surface area (Å²) in [4.78, 5) is 14.0. The Morgan fingerprint density at radius 2 is 2.00 bits per heavy atom. The van der Waals surface area contributed by atoms with E-state index in [9.17, 15) is 9.90 Å². The van der Waals surface area contributed by atoms with E-state index in [2.05, 4.69) is 13.8 Å². The number of carbonyl (C=O) groups excluding carboxylic acids is 1. The van der Waals surface area contributed by atoms with Gasteiger partial charge in [0.1, 0.15) is 6.61 Å². The maximum atomic E-state index is 12.3. The Bertz CT molecular complexity index is 611. The highest BCUT2D eigenvalue weighted by atomic mass is 16.6. The Morgan fingerprint density at radius 1 is 1.26 bits per heavy atom. The van der Waals surface area contributed by atoms with Gasteiger partial charge in [-0.1, -0.05) is 45.2 Å². The number of nitrogens with zero attached hydrogens (tertiary/aromatic N) is 1. The van der Waals surface area contributed by atoms with Crippen molar-refractivity contribution in [1.82, 2.24) is 0 Å². The third kappa shape index (κ3) is 4.36. The molecule has 0 spiro atoms. The first-order valence-electron chi connectivity index (χ1n) is 10.4. The first kappa shape index (κ1) is 20.3. The second-order valence-corrected chi connectivity index (χ2v) is 7.92. The highest BCUT2D eigenvalue weighted by molar-refractivity contribution is 5.96. The summed E-state index contributed by atoms with van der Waals surface area (Å²) in [6.45, 7) is 5.46. The fourth-order valence-corrected chi connectivity index (χ4v) is 4.30. The van der Waals surface area contributed by atoms with E-state index in [0.29, 0.717) is 13.2 Å². The molecule has 5 heteroatoms. The van der Waals surface area contributed by atoms with Crippen molar-refractivity contribution in [2.45, 2.75) is 71.1 Å². The minimum Gasteiger partial charge on any atom is -0.388 e. The van der Waals surface area contributed by atoms with Gasteiger partial charge in [0.05, 0.1) is 12.7 Å². The zero-order valence-electron chi connectivity index (χ0n) is 16.7. The van der Waals surface area contributed by atoms with Crippen molar-refractivity contribution >= 4 is 11.6 Å². The van der Waals surface area contributed by atoms with Crippen LogP contribution < -0.4 is 4.90 Å². The summed E-state index contributed by atoms with van der Waals surface area (Å²) in [6, 6.07) is 7.75. The highest BCUT2D eigenvalue weighted by Crippen LogP contribution is 2.53. The van der Waals surface area contributed by atoms with E-state index >= 15 is 0 Å². The molecule has 2 fully saturated rings. The maximum absolute atomic E-state index is 12.3. The number of unbranched alkanes of at least 4 members (excludes halogenated alkanes) is 1. The van der Waals surface area contributed by atoms with E-state index in [1.54, 1.807) is 4.90 Å². The summed E-state index contributed by atoms with van der Waals surface area (Å²) in [5.41, 5.74) is 1.78. The van der Waals surface area contributed by atoms with Crippen LogP contribution in [-0.2, 0) is 14.3 Å². The minimum absolute atomic E-state index is 0.0402. The largest absolute Gasteiger partial charge is 0.388 e. The Hall–Kier alpha value is -1.43. The van der Waals surface area contributed by atoms with Crippen molar-refractivity contribution in [2.75, 3.05) is 24.7 Å². The monoisotopic (exact) mass is 375 g/mol. The second kappa shape index (κ2) is 9.18. The van der Waals surface area contributed by atoms with Crippen LogP contribution in [0.5, 0.6) is 0 Å². The fourth-order valence-electron chi connectivity index (χ4n) is 4.30. The molecular formula is C22H33NO4. The molecule has 150 valence electrons. The number of benzene rings is 1. The molecule has 1 aromatic carbocycles. The van der Waals surface area contributed by atoms with Crippen molar-refractivity contribution < 1.29 is 19.4 Å². The van der Waals surface area contributed by atoms with Gasteiger partial charge in [-0.15, -0.1) is 0 Å². The Kier molecular flexibility index (Phi) is 6.90. The Balaban J connectivity index is 1.67. The molecule has 1 aliphatic heterocycles. The lowest BCUT2D eigenvalue weighted by Crippen LogP contribution is -2.37. The molecule has 1 heterocycles. The summed E-state index contributed by atoms with van der Waals surface area (Å²) >= 11 is 0. The summed E-state index contributed by atoms with van der Waals surface area (Å²) in [5, 5.41) is 10.9. The van der Waals surface area contributed by atoms with E-state index < -0.39 is 6.10 Å². The molecule has 2 aliphatic rings. The number of rotatable bonds is 10. The molecule has 2 unspecified atom stereocenters. The number of aliphatic hydroxyl groups is 1. The zero-order chi connectivity index (χ0) is 19.3. The number of amides is 1. The maximum Gasteiger partial charge on any atom is 0.255 e. The number of ether oxygens (including phenoxy) is 2. The molecule has 5 nitrogen and oxygen atoms in total. The summed E-state index contributed by atoms with van der Waals surface area (Å²) in [5.74, 6) is -0.0474. The predicted molar refractivity (Wildman–Crippen MR) is 106 cm³/mol. The fraction of sp³-hybridized carbons (Fsp3) is 0.682. The van der Waals surface area contributed by atoms with Crippen molar-refractivity contribution in [3.05, 3.63) is 29.8 Å². The molecule has 1 aromatic rings. The van der Waals surface area contributed by atoms with E-state index in [0.717, 1.165) is 49.8 Å². The molecular weight excluding hydrogens is 342 g/mol. The first-order valence-corrected chi connectivity index (χ1v) is 10.4. The molecule has 1 amide bonds. The number of hydrogen-bond donors (Lipinski definition) is 1. The minimum atomic E-state index is -0.432. The molecule has 27 heavy (non-hydrogen) atoms. The first-order chi connectivity index (χ1) is 13.1. The van der Waals surface area contributed by atoms with Gasteiger partial charge in [-0.3, -0.25) is 9.69 Å². The molecule has 1 aliphatic carbocycles. The van der Waals surface area contributed by atoms with Gasteiger partial charge < -0.3 is 14.6 Å². The van der Waals surface area contributed by atoms with Gasteiger partial charge in [-0.25, -0.2) is 0 Å². The van der Waals surface area contributed by atoms with Gasteiger partial charge in [0.15, 0.2) is 6.23 Å². The number of aliphatic hydroxyl groups excluding tert-OH is 1. The molecule has 1 N–H and O–H groups in total. The van der Waals surface area contributed by atoms with E-state index in [4.69, 9.17) is 9.47 Å². The molecule has 0 radical (unpaired) electrons. The van der Waals surface area contributed by atoms with Gasteiger partial charge in [0.2, 0.25) is 0 Å². The smallest absolute Gasteiger partial charge is 0.255 e. The molecule has 3 rings (SSSR count). The molecule has 1 saturated carbocycles. The third-order valence-electron chi connectivity index (χ3n) is 6.02. The van der Waals surface area contributed by atoms with Crippen LogP contribution in [0.3, 0.4) is 0 Å². The normalized spacial score (nSPS) is 22.7. The van der Waals surface area contributed by atoms with Crippen LogP contribution in [0, 0.1) is 5.41 Å². The summed E-state index contributed by atoms with van der Waals surface area (Å²) in [6.07, 6.45) is 6.83. The number of hydrogen-bond acceptors (Lipinski definition) is 4. The topological polar surface area (TPSA) is 59.0 Å². The van der Waals surface area contributed by atoms with E-state index in [-0.39, 0.29) is 24.2 Å². The van der Waals surface area contributed by atoms with Crippen LogP contribution in [0.2, 0.25) is 0 Å². The third-order valence-corrected chi connectivity index (χ3v) is 6.02. The van der Waals surface area contributed by atoms with Crippen molar-refractivity contribution in [2.24, 2.45) is 5.41 Å². The van der Waals surface area contributed by atoms with Crippen LogP contribution in [0.15, 0.2) is 24.3 Å². The Morgan fingerprint density at radius 3 is 2.59 bits per heavy atom. The van der Waals surface area contributed by atoms with E-state index in [1.165, 1.54) is 6.42 Å². The van der Waals surface area contributed by atoms with Crippen LogP contribution in [0.1, 0.15) is 70.5 Å². The highest BCUT2D eigenvalue weighted by Gasteiger charge is 2.43. The summed E-state index contributed by atoms with van der Waals surface area (Å²) < 4.78 is 11.3. The van der Waals surface area contributed by atoms with E-state index in [1.807, 2.05) is 24.3 Å². The lowest BCUT2D eigenvalue weighted by Gasteiger charge is -2.46. The Labute approximate surface area is 162 Å². The van der Waals surface area contributed by atoms with Gasteiger partial charge in [-0.2, -0.15) is 0 Å². The lowest BCUT2D eigenvalue weighted by molar-refractivity contribution is -0.117. The average molecular weight is 376 g/mol. The quantitative estimate of drug-likeness (QED) is 0.623. The molecule has 1 saturated heterocycles. The van der Waals surface area contributed by atoms with Crippen molar-refractivity contribution in [3.63, 3.8) is 0 Å².